The van der Waals surface area contributed by atoms with Gasteiger partial charge in [-0.25, -0.2) is 0 Å². The molecule has 3 aromatic rings. The van der Waals surface area contributed by atoms with E-state index >= 15 is 0 Å². The van der Waals surface area contributed by atoms with Crippen molar-refractivity contribution in [3.63, 3.8) is 0 Å². The number of carbonyl (C=O) groups excluding carboxylic acids is 1. The molecule has 0 spiro atoms. The Labute approximate surface area is 200 Å². The molecule has 10 heteroatoms. The maximum atomic E-state index is 13.3. The number of hydrogen-bond acceptors (Lipinski definition) is 7. The van der Waals surface area contributed by atoms with Crippen LogP contribution in [0.2, 0.25) is 0 Å². The molecule has 0 aliphatic carbocycles. The van der Waals surface area contributed by atoms with E-state index in [4.69, 9.17) is 14.6 Å². The Morgan fingerprint density at radius 3 is 2.55 bits per heavy atom. The van der Waals surface area contributed by atoms with Gasteiger partial charge in [0.1, 0.15) is 12.4 Å². The lowest BCUT2D eigenvalue weighted by molar-refractivity contribution is -0.714. The summed E-state index contributed by atoms with van der Waals surface area (Å²) in [4.78, 5) is 13.3. The fraction of sp³-hybridized carbons (Fsp3) is 0.478. The van der Waals surface area contributed by atoms with Gasteiger partial charge >= 0.3 is 11.6 Å². The first-order valence-corrected chi connectivity index (χ1v) is 10.7. The first kappa shape index (κ1) is 26.3. The summed E-state index contributed by atoms with van der Waals surface area (Å²) >= 11 is 0. The normalized spacial score (nSPS) is 11.2. The number of Topliss-reactive ketones (excluding diaryl/α,β-unsaturated/α-hetero) is 1. The van der Waals surface area contributed by atoms with Crippen molar-refractivity contribution in [3.05, 3.63) is 41.0 Å². The number of anilines is 1. The zero-order valence-electron chi connectivity index (χ0n) is 20.0. The van der Waals surface area contributed by atoms with Gasteiger partial charge in [-0.1, -0.05) is 25.3 Å². The second-order valence-electron chi connectivity index (χ2n) is 8.56. The number of nitrogens with zero attached hydrogens (tertiary/aromatic N) is 4. The summed E-state index contributed by atoms with van der Waals surface area (Å²) in [7, 11) is 1.75. The molecule has 9 nitrogen and oxygen atoms in total. The zero-order valence-corrected chi connectivity index (χ0v) is 20.7. The van der Waals surface area contributed by atoms with Gasteiger partial charge in [0.25, 0.3) is 5.88 Å². The fourth-order valence-corrected chi connectivity index (χ4v) is 3.41. The Balaban J connectivity index is 0.00000385. The fourth-order valence-electron chi connectivity index (χ4n) is 3.41. The third-order valence-corrected chi connectivity index (χ3v) is 5.02. The van der Waals surface area contributed by atoms with Crippen molar-refractivity contribution in [2.45, 2.75) is 46.6 Å². The van der Waals surface area contributed by atoms with Gasteiger partial charge < -0.3 is 32.3 Å². The highest BCUT2D eigenvalue weighted by Gasteiger charge is 2.27. The summed E-state index contributed by atoms with van der Waals surface area (Å²) in [6.07, 6.45) is 0. The Morgan fingerprint density at radius 2 is 1.94 bits per heavy atom. The molecule has 0 atom stereocenters. The van der Waals surface area contributed by atoms with Gasteiger partial charge in [0, 0.05) is 24.2 Å². The second-order valence-corrected chi connectivity index (χ2v) is 8.56. The van der Waals surface area contributed by atoms with Crippen molar-refractivity contribution in [2.75, 3.05) is 32.2 Å². The zero-order chi connectivity index (χ0) is 23.5. The van der Waals surface area contributed by atoms with E-state index in [0.717, 1.165) is 11.1 Å². The number of rotatable bonds is 9. The van der Waals surface area contributed by atoms with Crippen molar-refractivity contribution in [1.29, 1.82) is 0 Å². The van der Waals surface area contributed by atoms with Crippen LogP contribution in [0.15, 0.2) is 24.3 Å². The van der Waals surface area contributed by atoms with Crippen LogP contribution in [0.3, 0.4) is 0 Å². The molecule has 3 rings (SSSR count). The molecule has 1 aromatic carbocycles. The Bertz CT molecular complexity index is 1120. The average Bonchev–Trinajstić information content (AvgIpc) is 3.09. The Kier molecular flexibility index (Phi) is 8.63. The number of aliphatic hydroxyl groups excluding tert-OH is 1. The number of benzene rings is 1. The van der Waals surface area contributed by atoms with Gasteiger partial charge in [-0.15, -0.1) is 4.68 Å². The number of aliphatic hydroxyl groups is 1. The van der Waals surface area contributed by atoms with E-state index in [-0.39, 0.29) is 43.4 Å². The van der Waals surface area contributed by atoms with Gasteiger partial charge in [0.15, 0.2) is 6.54 Å². The van der Waals surface area contributed by atoms with Crippen LogP contribution in [0.4, 0.5) is 5.95 Å². The molecule has 0 aliphatic heterocycles. The van der Waals surface area contributed by atoms with Crippen molar-refractivity contribution in [3.8, 4) is 11.6 Å². The van der Waals surface area contributed by atoms with E-state index in [0.29, 0.717) is 35.4 Å². The quantitative estimate of drug-likeness (QED) is 0.311. The van der Waals surface area contributed by atoms with Crippen LogP contribution in [-0.2, 0) is 12.0 Å². The van der Waals surface area contributed by atoms with Gasteiger partial charge in [-0.2, -0.15) is 0 Å². The lowest BCUT2D eigenvalue weighted by atomic mass is 9.85. The SMILES string of the molecule is CCOc1cc(C)c2n(n1)c(NC)n[n+]2CC(=O)c1cc(OCCO)cc(C(C)(C)C)c1.[Cl-]. The first-order valence-electron chi connectivity index (χ1n) is 10.7. The van der Waals surface area contributed by atoms with Crippen molar-refractivity contribution < 1.29 is 36.5 Å². The maximum Gasteiger partial charge on any atom is 0.357 e. The molecule has 33 heavy (non-hydrogen) atoms. The van der Waals surface area contributed by atoms with Gasteiger partial charge in [-0.05, 0) is 53.2 Å². The van der Waals surface area contributed by atoms with Crippen LogP contribution in [-0.4, -0.2) is 52.5 Å². The number of aryl methyl sites for hydroxylation is 1. The highest BCUT2D eigenvalue weighted by Crippen LogP contribution is 2.28. The van der Waals surface area contributed by atoms with Crippen LogP contribution in [0.1, 0.15) is 49.2 Å². The number of fused-ring (bicyclic) bond motifs is 1. The van der Waals surface area contributed by atoms with E-state index in [9.17, 15) is 4.79 Å². The molecule has 0 saturated carbocycles. The Hall–Kier alpha value is -2.91. The lowest BCUT2D eigenvalue weighted by Crippen LogP contribution is -3.00. The van der Waals surface area contributed by atoms with E-state index in [1.165, 1.54) is 0 Å². The predicted molar refractivity (Wildman–Crippen MR) is 121 cm³/mol. The number of halogens is 1. The standard InChI is InChI=1S/C23H32N5O4.ClH/c1-7-31-20-10-15(2)21-27(26-22(24-6)28(21)25-20)14-19(30)16-11-17(23(3,4)5)13-18(12-16)32-9-8-29;/h10-13,29H,7-9,14H2,1-6H3,(H,24,26);1H/q+1;/p-1. The smallest absolute Gasteiger partial charge is 0.357 e. The predicted octanol–water partition coefficient (Wildman–Crippen LogP) is -0.679. The van der Waals surface area contributed by atoms with E-state index in [2.05, 4.69) is 36.3 Å². The van der Waals surface area contributed by atoms with Crippen molar-refractivity contribution >= 4 is 17.4 Å². The molecule has 180 valence electrons. The number of nitrogens with one attached hydrogen (secondary N) is 1. The molecular formula is C23H32ClN5O4. The van der Waals surface area contributed by atoms with E-state index < -0.39 is 0 Å². The monoisotopic (exact) mass is 477 g/mol. The molecule has 0 bridgehead atoms. The highest BCUT2D eigenvalue weighted by molar-refractivity contribution is 5.95. The summed E-state index contributed by atoms with van der Waals surface area (Å²) in [5, 5.41) is 21.2. The van der Waals surface area contributed by atoms with Gasteiger partial charge in [-0.3, -0.25) is 4.79 Å². The van der Waals surface area contributed by atoms with Crippen molar-refractivity contribution in [2.24, 2.45) is 0 Å². The van der Waals surface area contributed by atoms with Crippen molar-refractivity contribution in [1.82, 2.24) is 14.7 Å². The third kappa shape index (κ3) is 5.91. The van der Waals surface area contributed by atoms with Gasteiger partial charge in [0.2, 0.25) is 5.78 Å². The minimum Gasteiger partial charge on any atom is -1.00 e. The highest BCUT2D eigenvalue weighted by atomic mass is 35.5. The van der Waals surface area contributed by atoms with Crippen LogP contribution >= 0.6 is 0 Å². The molecule has 0 aliphatic rings. The molecule has 0 amide bonds. The molecule has 2 heterocycles. The number of aromatic nitrogens is 4. The number of hydrogen-bond donors (Lipinski definition) is 2. The topological polar surface area (TPSA) is 102 Å². The van der Waals surface area contributed by atoms with Crippen LogP contribution in [0.5, 0.6) is 11.6 Å². The Morgan fingerprint density at radius 1 is 1.21 bits per heavy atom. The molecule has 0 radical (unpaired) electrons. The van der Waals surface area contributed by atoms with E-state index in [1.54, 1.807) is 22.3 Å². The molecule has 0 saturated heterocycles. The number of carbonyl (C=O) groups is 1. The third-order valence-electron chi connectivity index (χ3n) is 5.02. The second kappa shape index (κ2) is 10.8. The maximum absolute atomic E-state index is 13.3. The lowest BCUT2D eigenvalue weighted by Gasteiger charge is -2.21. The molecule has 0 unspecified atom stereocenters. The summed E-state index contributed by atoms with van der Waals surface area (Å²) in [6, 6.07) is 7.35. The van der Waals surface area contributed by atoms with Crippen LogP contribution in [0.25, 0.3) is 5.65 Å². The first-order chi connectivity index (χ1) is 15.2. The van der Waals surface area contributed by atoms with Gasteiger partial charge in [0.05, 0.1) is 13.2 Å². The minimum absolute atomic E-state index is 0. The number of ketones is 1. The molecular weight excluding hydrogens is 446 g/mol. The minimum atomic E-state index is -0.169. The molecule has 2 aromatic heterocycles. The number of ether oxygens (including phenoxy) is 2. The summed E-state index contributed by atoms with van der Waals surface area (Å²) in [5.41, 5.74) is 2.93. The van der Waals surface area contributed by atoms with E-state index in [1.807, 2.05) is 32.0 Å². The summed E-state index contributed by atoms with van der Waals surface area (Å²) < 4.78 is 14.5. The molecule has 0 fully saturated rings. The summed E-state index contributed by atoms with van der Waals surface area (Å²) in [5.74, 6) is 1.46. The average molecular weight is 478 g/mol. The largest absolute Gasteiger partial charge is 1.00 e. The van der Waals surface area contributed by atoms with Crippen LogP contribution < -0.4 is 31.9 Å². The van der Waals surface area contributed by atoms with Crippen LogP contribution in [0, 0.1) is 6.92 Å². The molecule has 2 N–H and O–H groups in total. The summed E-state index contributed by atoms with van der Waals surface area (Å²) in [6.45, 7) is 10.7.